The third kappa shape index (κ3) is 6.37. The molecule has 0 unspecified atom stereocenters. The minimum absolute atomic E-state index is 0.750. The topological polar surface area (TPSA) is 69.8 Å². The molecule has 46 valence electrons. The van der Waals surface area contributed by atoms with Gasteiger partial charge in [0, 0.05) is 12.4 Å². The predicted octanol–water partition coefficient (Wildman–Crippen LogP) is 0.317. The molecule has 1 aromatic rings. The number of hydrogen-bond donors (Lipinski definition) is 1. The molecule has 0 atom stereocenters. The first kappa shape index (κ1) is 7.37. The Morgan fingerprint density at radius 1 is 1.22 bits per heavy atom. The summed E-state index contributed by atoms with van der Waals surface area (Å²) in [6.07, 6.45) is 4.03. The predicted molar refractivity (Wildman–Crippen MR) is 29.6 cm³/mol. The molecular weight excluding hydrogens is 118 g/mol. The lowest BCUT2D eigenvalue weighted by atomic mass is 10.6. The van der Waals surface area contributed by atoms with Gasteiger partial charge in [-0.25, -0.2) is 0 Å². The van der Waals surface area contributed by atoms with Crippen molar-refractivity contribution in [3.8, 4) is 6.26 Å². The highest BCUT2D eigenvalue weighted by atomic mass is 16.2. The number of aliphatic hydroxyl groups is 1. The van der Waals surface area contributed by atoms with E-state index in [1.165, 1.54) is 0 Å². The van der Waals surface area contributed by atoms with Gasteiger partial charge in [0.15, 0.2) is 0 Å². The van der Waals surface area contributed by atoms with Crippen LogP contribution in [0.3, 0.4) is 0 Å². The molecule has 0 fully saturated rings. The Kier molecular flexibility index (Phi) is 5.22. The second kappa shape index (κ2) is 6.37. The zero-order valence-electron chi connectivity index (χ0n) is 4.60. The van der Waals surface area contributed by atoms with Crippen molar-refractivity contribution in [2.24, 2.45) is 0 Å². The van der Waals surface area contributed by atoms with Crippen LogP contribution in [-0.4, -0.2) is 15.3 Å². The average molecular weight is 123 g/mol. The van der Waals surface area contributed by atoms with Gasteiger partial charge in [-0.2, -0.15) is 15.5 Å². The van der Waals surface area contributed by atoms with Gasteiger partial charge in [-0.1, -0.05) is 0 Å². The molecule has 0 spiro atoms. The van der Waals surface area contributed by atoms with E-state index in [1.807, 2.05) is 12.1 Å². The van der Waals surface area contributed by atoms with E-state index in [0.717, 1.165) is 6.26 Å². The van der Waals surface area contributed by atoms with E-state index >= 15 is 0 Å². The first-order valence-electron chi connectivity index (χ1n) is 2.16. The Hall–Kier alpha value is -1.63. The molecule has 4 heteroatoms. The first-order valence-corrected chi connectivity index (χ1v) is 2.16. The van der Waals surface area contributed by atoms with Crippen LogP contribution in [0.4, 0.5) is 0 Å². The van der Waals surface area contributed by atoms with Gasteiger partial charge in [0.2, 0.25) is 0 Å². The van der Waals surface area contributed by atoms with Crippen LogP contribution in [0.15, 0.2) is 24.5 Å². The van der Waals surface area contributed by atoms with Crippen LogP contribution in [0.5, 0.6) is 0 Å². The maximum atomic E-state index is 6.88. The maximum absolute atomic E-state index is 6.88. The van der Waals surface area contributed by atoms with E-state index in [2.05, 4.69) is 10.2 Å². The number of nitrogens with zero attached hydrogens (tertiary/aromatic N) is 3. The molecule has 1 aromatic heterocycles. The SMILES string of the molecule is N#CO.c1ccnnc1. The molecule has 0 amide bonds. The highest BCUT2D eigenvalue weighted by molar-refractivity contribution is 4.79. The normalized spacial score (nSPS) is 6.11. The van der Waals surface area contributed by atoms with E-state index in [0.29, 0.717) is 0 Å². The van der Waals surface area contributed by atoms with Gasteiger partial charge in [-0.15, -0.1) is 0 Å². The molecule has 1 rings (SSSR count). The first-order chi connectivity index (χ1) is 4.41. The van der Waals surface area contributed by atoms with Crippen LogP contribution >= 0.6 is 0 Å². The molecule has 1 heterocycles. The summed E-state index contributed by atoms with van der Waals surface area (Å²) in [5.74, 6) is 0. The summed E-state index contributed by atoms with van der Waals surface area (Å²) in [5.41, 5.74) is 0. The second-order valence-electron chi connectivity index (χ2n) is 1.01. The van der Waals surface area contributed by atoms with Gasteiger partial charge in [-0.05, 0) is 12.1 Å². The van der Waals surface area contributed by atoms with Crippen molar-refractivity contribution in [3.05, 3.63) is 24.5 Å². The summed E-state index contributed by atoms with van der Waals surface area (Å²) in [5, 5.41) is 20.8. The quantitative estimate of drug-likeness (QED) is 0.504. The van der Waals surface area contributed by atoms with E-state index in [4.69, 9.17) is 10.4 Å². The molecule has 9 heavy (non-hydrogen) atoms. The van der Waals surface area contributed by atoms with Crippen molar-refractivity contribution in [1.82, 2.24) is 10.2 Å². The number of nitriles is 1. The van der Waals surface area contributed by atoms with Gasteiger partial charge >= 0.3 is 0 Å². The Morgan fingerprint density at radius 2 is 1.56 bits per heavy atom. The minimum atomic E-state index is 0.750. The van der Waals surface area contributed by atoms with Crippen LogP contribution in [0.1, 0.15) is 0 Å². The summed E-state index contributed by atoms with van der Waals surface area (Å²) in [7, 11) is 0. The van der Waals surface area contributed by atoms with Crippen molar-refractivity contribution in [1.29, 1.82) is 5.26 Å². The molecule has 0 aliphatic heterocycles. The Morgan fingerprint density at radius 3 is 1.67 bits per heavy atom. The molecule has 0 bridgehead atoms. The molecule has 0 saturated heterocycles. The monoisotopic (exact) mass is 123 g/mol. The summed E-state index contributed by atoms with van der Waals surface area (Å²) < 4.78 is 0. The number of rotatable bonds is 0. The van der Waals surface area contributed by atoms with Crippen LogP contribution in [0.25, 0.3) is 0 Å². The fourth-order valence-electron chi connectivity index (χ4n) is 0.253. The zero-order chi connectivity index (χ0) is 6.95. The Labute approximate surface area is 52.4 Å². The molecule has 1 N–H and O–H groups in total. The van der Waals surface area contributed by atoms with Gasteiger partial charge in [0.1, 0.15) is 0 Å². The highest BCUT2D eigenvalue weighted by Gasteiger charge is 1.59. The highest BCUT2D eigenvalue weighted by Crippen LogP contribution is 1.68. The zero-order valence-corrected chi connectivity index (χ0v) is 4.60. The van der Waals surface area contributed by atoms with Crippen molar-refractivity contribution in [2.45, 2.75) is 0 Å². The Balaban J connectivity index is 0.000000187. The lowest BCUT2D eigenvalue weighted by Gasteiger charge is -1.69. The second-order valence-corrected chi connectivity index (χ2v) is 1.01. The largest absolute Gasteiger partial charge is 0.443 e. The molecule has 0 aliphatic rings. The average Bonchev–Trinajstić information content (AvgIpc) is 1.93. The lowest BCUT2D eigenvalue weighted by Crippen LogP contribution is -1.69. The third-order valence-electron chi connectivity index (χ3n) is 0.483. The molecule has 0 aromatic carbocycles. The van der Waals surface area contributed by atoms with Gasteiger partial charge in [0.05, 0.1) is 0 Å². The third-order valence-corrected chi connectivity index (χ3v) is 0.483. The number of aromatic nitrogens is 2. The van der Waals surface area contributed by atoms with Crippen LogP contribution in [-0.2, 0) is 0 Å². The molecule has 4 nitrogen and oxygen atoms in total. The smallest absolute Gasteiger partial charge is 0.283 e. The Bertz CT molecular complexity index is 143. The van der Waals surface area contributed by atoms with Gasteiger partial charge in [0.25, 0.3) is 6.26 Å². The van der Waals surface area contributed by atoms with Crippen molar-refractivity contribution in [2.75, 3.05) is 0 Å². The molecule has 0 saturated carbocycles. The number of aliphatic hydroxyl groups excluding tert-OH is 1. The van der Waals surface area contributed by atoms with Crippen LogP contribution in [0, 0.1) is 11.5 Å². The van der Waals surface area contributed by atoms with E-state index in [-0.39, 0.29) is 0 Å². The minimum Gasteiger partial charge on any atom is -0.443 e. The summed E-state index contributed by atoms with van der Waals surface area (Å²) in [6.45, 7) is 0. The lowest BCUT2D eigenvalue weighted by molar-refractivity contribution is 0.503. The van der Waals surface area contributed by atoms with Gasteiger partial charge < -0.3 is 5.11 Å². The molecule has 0 aliphatic carbocycles. The van der Waals surface area contributed by atoms with Crippen molar-refractivity contribution in [3.63, 3.8) is 0 Å². The van der Waals surface area contributed by atoms with E-state index in [9.17, 15) is 0 Å². The fraction of sp³-hybridized carbons (Fsp3) is 0. The summed E-state index contributed by atoms with van der Waals surface area (Å²) in [6, 6.07) is 3.65. The van der Waals surface area contributed by atoms with Crippen LogP contribution in [0.2, 0.25) is 0 Å². The summed E-state index contributed by atoms with van der Waals surface area (Å²) >= 11 is 0. The summed E-state index contributed by atoms with van der Waals surface area (Å²) in [4.78, 5) is 0. The van der Waals surface area contributed by atoms with Crippen molar-refractivity contribution < 1.29 is 5.11 Å². The molecule has 0 radical (unpaired) electrons. The van der Waals surface area contributed by atoms with E-state index < -0.39 is 0 Å². The van der Waals surface area contributed by atoms with E-state index in [1.54, 1.807) is 12.4 Å². The van der Waals surface area contributed by atoms with Gasteiger partial charge in [-0.3, -0.25) is 0 Å². The maximum Gasteiger partial charge on any atom is 0.283 e. The molecular formula is C5H5N3O. The number of hydrogen-bond acceptors (Lipinski definition) is 4. The fourth-order valence-corrected chi connectivity index (χ4v) is 0.253. The van der Waals surface area contributed by atoms with Crippen LogP contribution < -0.4 is 0 Å². The standard InChI is InChI=1S/C4H4N2.CHNO/c1-2-4-6-5-3-1;2-1-3/h1-4H;3H. The van der Waals surface area contributed by atoms with Crippen molar-refractivity contribution >= 4 is 0 Å².